The third-order valence-corrected chi connectivity index (χ3v) is 2.52. The van der Waals surface area contributed by atoms with E-state index in [1.165, 1.54) is 10.7 Å². The number of nitrogens with zero attached hydrogens (tertiary/aromatic N) is 4. The van der Waals surface area contributed by atoms with Crippen molar-refractivity contribution in [2.75, 3.05) is 20.3 Å². The lowest BCUT2D eigenvalue weighted by Crippen LogP contribution is -2.21. The zero-order valence-corrected chi connectivity index (χ0v) is 11.4. The molecule has 0 bridgehead atoms. The number of methoxy groups -OCH3 is 1. The van der Waals surface area contributed by atoms with Crippen molar-refractivity contribution in [3.8, 4) is 11.5 Å². The van der Waals surface area contributed by atoms with E-state index in [9.17, 15) is 4.79 Å². The minimum absolute atomic E-state index is 0.164. The summed E-state index contributed by atoms with van der Waals surface area (Å²) in [6.07, 6.45) is 0. The maximum atomic E-state index is 11.4. The first-order chi connectivity index (χ1) is 9.74. The van der Waals surface area contributed by atoms with Crippen molar-refractivity contribution in [3.63, 3.8) is 0 Å². The molecule has 0 saturated carbocycles. The molecular formula is C12H16N4O4. The highest BCUT2D eigenvalue weighted by Crippen LogP contribution is 2.11. The molecular weight excluding hydrogens is 264 g/mol. The Kier molecular flexibility index (Phi) is 4.97. The van der Waals surface area contributed by atoms with Gasteiger partial charge in [-0.2, -0.15) is 10.1 Å². The number of ether oxygens (including phenoxy) is 2. The van der Waals surface area contributed by atoms with Crippen LogP contribution in [0, 0.1) is 0 Å². The lowest BCUT2D eigenvalue weighted by molar-refractivity contribution is 0.0494. The molecule has 2 rings (SSSR count). The summed E-state index contributed by atoms with van der Waals surface area (Å²) >= 11 is 0. The predicted molar refractivity (Wildman–Crippen MR) is 69.0 cm³/mol. The molecule has 0 aromatic carbocycles. The van der Waals surface area contributed by atoms with Gasteiger partial charge < -0.3 is 14.0 Å². The number of rotatable bonds is 7. The third kappa shape index (κ3) is 3.49. The second-order valence-electron chi connectivity index (χ2n) is 3.93. The Morgan fingerprint density at radius 3 is 2.95 bits per heavy atom. The van der Waals surface area contributed by atoms with E-state index in [0.29, 0.717) is 37.2 Å². The highest BCUT2D eigenvalue weighted by atomic mass is 16.5. The topological polar surface area (TPSA) is 92.3 Å². The van der Waals surface area contributed by atoms with Crippen molar-refractivity contribution in [1.82, 2.24) is 19.9 Å². The summed E-state index contributed by atoms with van der Waals surface area (Å²) in [5.74, 6) is 0.685. The molecule has 20 heavy (non-hydrogen) atoms. The predicted octanol–water partition coefficient (Wildman–Crippen LogP) is 0.476. The molecule has 0 aliphatic rings. The Bertz CT molecular complexity index is 607. The van der Waals surface area contributed by atoms with Crippen LogP contribution in [0.5, 0.6) is 0 Å². The number of hydrogen-bond acceptors (Lipinski definition) is 7. The first-order valence-electron chi connectivity index (χ1n) is 6.22. The lowest BCUT2D eigenvalue weighted by atomic mass is 10.4. The fourth-order valence-corrected chi connectivity index (χ4v) is 1.51. The molecule has 0 atom stereocenters. The molecule has 0 saturated heterocycles. The van der Waals surface area contributed by atoms with Gasteiger partial charge in [0.2, 0.25) is 5.82 Å². The van der Waals surface area contributed by atoms with E-state index >= 15 is 0 Å². The fraction of sp³-hybridized carbons (Fsp3) is 0.500. The van der Waals surface area contributed by atoms with E-state index in [1.54, 1.807) is 13.2 Å². The zero-order chi connectivity index (χ0) is 14.4. The second kappa shape index (κ2) is 6.92. The average molecular weight is 280 g/mol. The minimum atomic E-state index is -0.164. The summed E-state index contributed by atoms with van der Waals surface area (Å²) in [6, 6.07) is 2.99. The van der Waals surface area contributed by atoms with E-state index in [1.807, 2.05) is 6.92 Å². The van der Waals surface area contributed by atoms with Crippen LogP contribution in [-0.4, -0.2) is 40.2 Å². The van der Waals surface area contributed by atoms with Crippen molar-refractivity contribution in [3.05, 3.63) is 28.4 Å². The Labute approximate surface area is 115 Å². The van der Waals surface area contributed by atoms with Gasteiger partial charge in [0.15, 0.2) is 0 Å². The number of hydrogen-bond donors (Lipinski definition) is 0. The van der Waals surface area contributed by atoms with Gasteiger partial charge >= 0.3 is 0 Å². The summed E-state index contributed by atoms with van der Waals surface area (Å²) in [6.45, 7) is 3.49. The van der Waals surface area contributed by atoms with E-state index in [2.05, 4.69) is 15.2 Å². The van der Waals surface area contributed by atoms with E-state index in [0.717, 1.165) is 0 Å². The molecule has 0 radical (unpaired) electrons. The molecule has 0 amide bonds. The molecule has 8 nitrogen and oxygen atoms in total. The Balaban J connectivity index is 2.06. The normalized spacial score (nSPS) is 10.9. The summed E-state index contributed by atoms with van der Waals surface area (Å²) in [5.41, 5.74) is 0.321. The van der Waals surface area contributed by atoms with Gasteiger partial charge in [-0.25, -0.2) is 4.68 Å². The molecule has 108 valence electrons. The van der Waals surface area contributed by atoms with Crippen LogP contribution in [0.15, 0.2) is 21.5 Å². The van der Waals surface area contributed by atoms with Crippen LogP contribution in [0.1, 0.15) is 12.8 Å². The minimum Gasteiger partial charge on any atom is -0.382 e. The molecule has 2 aromatic rings. The van der Waals surface area contributed by atoms with E-state index < -0.39 is 0 Å². The van der Waals surface area contributed by atoms with Crippen LogP contribution in [-0.2, 0) is 22.6 Å². The molecule has 0 aliphatic carbocycles. The zero-order valence-electron chi connectivity index (χ0n) is 11.4. The molecule has 0 unspecified atom stereocenters. The monoisotopic (exact) mass is 280 g/mol. The highest BCUT2D eigenvalue weighted by Gasteiger charge is 2.11. The van der Waals surface area contributed by atoms with Gasteiger partial charge in [-0.3, -0.25) is 4.79 Å². The average Bonchev–Trinajstić information content (AvgIpc) is 2.93. The standard InChI is InChI=1S/C12H16N4O4/c1-3-16-11(17)5-4-9(14-16)12-13-10(20-15-12)8-19-7-6-18-2/h4-5H,3,6-8H2,1-2H3. The van der Waals surface area contributed by atoms with Crippen molar-refractivity contribution in [1.29, 1.82) is 0 Å². The molecule has 8 heteroatoms. The molecule has 2 heterocycles. The van der Waals surface area contributed by atoms with Crippen molar-refractivity contribution in [2.45, 2.75) is 20.1 Å². The molecule has 0 fully saturated rings. The third-order valence-electron chi connectivity index (χ3n) is 2.52. The first kappa shape index (κ1) is 14.4. The SMILES string of the molecule is CCn1nc(-c2noc(COCCOC)n2)ccc1=O. The van der Waals surface area contributed by atoms with Gasteiger partial charge in [0.1, 0.15) is 12.3 Å². The van der Waals surface area contributed by atoms with Gasteiger partial charge in [0, 0.05) is 19.7 Å². The quantitative estimate of drug-likeness (QED) is 0.681. The molecule has 0 aliphatic heterocycles. The Hall–Kier alpha value is -2.06. The van der Waals surface area contributed by atoms with Crippen LogP contribution in [0.3, 0.4) is 0 Å². The van der Waals surface area contributed by atoms with Crippen LogP contribution >= 0.6 is 0 Å². The van der Waals surface area contributed by atoms with Gasteiger partial charge in [0.05, 0.1) is 13.2 Å². The van der Waals surface area contributed by atoms with Crippen molar-refractivity contribution < 1.29 is 14.0 Å². The van der Waals surface area contributed by atoms with E-state index in [4.69, 9.17) is 14.0 Å². The maximum Gasteiger partial charge on any atom is 0.266 e. The summed E-state index contributed by atoms with van der Waals surface area (Å²) in [7, 11) is 1.60. The Morgan fingerprint density at radius 1 is 1.35 bits per heavy atom. The Morgan fingerprint density at radius 2 is 2.20 bits per heavy atom. The first-order valence-corrected chi connectivity index (χ1v) is 6.22. The number of aryl methyl sites for hydroxylation is 1. The van der Waals surface area contributed by atoms with E-state index in [-0.39, 0.29) is 12.2 Å². The second-order valence-corrected chi connectivity index (χ2v) is 3.93. The molecule has 2 aromatic heterocycles. The smallest absolute Gasteiger partial charge is 0.266 e. The van der Waals surface area contributed by atoms with Crippen LogP contribution < -0.4 is 5.56 Å². The van der Waals surface area contributed by atoms with Crippen LogP contribution in [0.2, 0.25) is 0 Å². The van der Waals surface area contributed by atoms with Crippen LogP contribution in [0.25, 0.3) is 11.5 Å². The van der Waals surface area contributed by atoms with Gasteiger partial charge in [-0.05, 0) is 13.0 Å². The van der Waals surface area contributed by atoms with Crippen molar-refractivity contribution in [2.24, 2.45) is 0 Å². The molecule has 0 N–H and O–H groups in total. The van der Waals surface area contributed by atoms with Gasteiger partial charge in [-0.1, -0.05) is 5.16 Å². The summed E-state index contributed by atoms with van der Waals surface area (Å²) in [5, 5.41) is 7.96. The summed E-state index contributed by atoms with van der Waals surface area (Å²) < 4.78 is 16.5. The maximum absolute atomic E-state index is 11.4. The van der Waals surface area contributed by atoms with Gasteiger partial charge in [0.25, 0.3) is 11.4 Å². The molecule has 0 spiro atoms. The fourth-order valence-electron chi connectivity index (χ4n) is 1.51. The highest BCUT2D eigenvalue weighted by molar-refractivity contribution is 5.46. The van der Waals surface area contributed by atoms with Crippen molar-refractivity contribution >= 4 is 0 Å². The van der Waals surface area contributed by atoms with Gasteiger partial charge in [-0.15, -0.1) is 0 Å². The lowest BCUT2D eigenvalue weighted by Gasteiger charge is -2.00. The van der Waals surface area contributed by atoms with Crippen LogP contribution in [0.4, 0.5) is 0 Å². The number of aromatic nitrogens is 4. The summed E-state index contributed by atoms with van der Waals surface area (Å²) in [4.78, 5) is 15.6. The largest absolute Gasteiger partial charge is 0.382 e.